The first kappa shape index (κ1) is 8.72. The van der Waals surface area contributed by atoms with Crippen LogP contribution in [0.25, 0.3) is 0 Å². The number of rotatable bonds is 3. The van der Waals surface area contributed by atoms with Gasteiger partial charge < -0.3 is 14.6 Å². The second kappa shape index (κ2) is 3.47. The minimum absolute atomic E-state index is 0.369. The van der Waals surface area contributed by atoms with Crippen LogP contribution in [0.4, 0.5) is 0 Å². The van der Waals surface area contributed by atoms with E-state index in [2.05, 4.69) is 10.5 Å². The van der Waals surface area contributed by atoms with E-state index >= 15 is 0 Å². The van der Waals surface area contributed by atoms with E-state index in [-0.39, 0.29) is 0 Å². The Morgan fingerprint density at radius 2 is 2.31 bits per heavy atom. The molecule has 1 aromatic rings. The van der Waals surface area contributed by atoms with Gasteiger partial charge in [0, 0.05) is 18.7 Å². The normalized spacial score (nSPS) is 17.4. The average molecular weight is 182 g/mol. The van der Waals surface area contributed by atoms with Gasteiger partial charge in [-0.15, -0.1) is 0 Å². The highest BCUT2D eigenvalue weighted by Crippen LogP contribution is 2.14. The summed E-state index contributed by atoms with van der Waals surface area (Å²) in [6.07, 6.45) is 0.369. The molecule has 0 atom stereocenters. The minimum atomic E-state index is 0.369. The third-order valence-corrected chi connectivity index (χ3v) is 2.39. The van der Waals surface area contributed by atoms with Crippen molar-refractivity contribution in [3.8, 4) is 0 Å². The fourth-order valence-corrected chi connectivity index (χ4v) is 1.29. The van der Waals surface area contributed by atoms with Gasteiger partial charge in [0.25, 0.3) is 0 Å². The molecule has 1 N–H and O–H groups in total. The van der Waals surface area contributed by atoms with E-state index in [1.165, 1.54) is 0 Å². The Balaban J connectivity index is 1.92. The number of nitrogens with zero attached hydrogens (tertiary/aromatic N) is 1. The first-order valence-corrected chi connectivity index (χ1v) is 4.51. The summed E-state index contributed by atoms with van der Waals surface area (Å²) in [5, 5.41) is 7.02. The van der Waals surface area contributed by atoms with Crippen molar-refractivity contribution in [1.29, 1.82) is 0 Å². The van der Waals surface area contributed by atoms with Crippen LogP contribution in [-0.2, 0) is 11.3 Å². The average Bonchev–Trinajstić information content (AvgIpc) is 2.32. The van der Waals surface area contributed by atoms with E-state index < -0.39 is 0 Å². The standard InChI is InChI=1S/C9H14N2O2/c1-6-9(7(2)13-11-6)5-12-8-3-10-4-8/h8,10H,3-5H2,1-2H3. The first-order chi connectivity index (χ1) is 6.27. The lowest BCUT2D eigenvalue weighted by atomic mass is 10.2. The quantitative estimate of drug-likeness (QED) is 0.750. The second-order valence-corrected chi connectivity index (χ2v) is 3.39. The molecule has 0 spiro atoms. The van der Waals surface area contributed by atoms with Crippen molar-refractivity contribution in [2.75, 3.05) is 13.1 Å². The highest BCUT2D eigenvalue weighted by atomic mass is 16.5. The van der Waals surface area contributed by atoms with Crippen molar-refractivity contribution >= 4 is 0 Å². The van der Waals surface area contributed by atoms with E-state index in [1.54, 1.807) is 0 Å². The molecule has 4 heteroatoms. The number of ether oxygens (including phenoxy) is 1. The fourth-order valence-electron chi connectivity index (χ4n) is 1.29. The maximum absolute atomic E-state index is 5.62. The highest BCUT2D eigenvalue weighted by molar-refractivity contribution is 5.19. The Bertz CT molecular complexity index is 272. The third-order valence-electron chi connectivity index (χ3n) is 2.39. The van der Waals surface area contributed by atoms with E-state index in [1.807, 2.05) is 13.8 Å². The van der Waals surface area contributed by atoms with Crippen molar-refractivity contribution < 1.29 is 9.26 Å². The van der Waals surface area contributed by atoms with Crippen LogP contribution < -0.4 is 5.32 Å². The van der Waals surface area contributed by atoms with Gasteiger partial charge in [0.05, 0.1) is 18.4 Å². The largest absolute Gasteiger partial charge is 0.371 e. The van der Waals surface area contributed by atoms with Crippen LogP contribution in [0.3, 0.4) is 0 Å². The molecule has 0 saturated carbocycles. The summed E-state index contributed by atoms with van der Waals surface area (Å²) in [7, 11) is 0. The van der Waals surface area contributed by atoms with Gasteiger partial charge in [0.15, 0.2) is 0 Å². The topological polar surface area (TPSA) is 47.3 Å². The van der Waals surface area contributed by atoms with Crippen LogP contribution in [-0.4, -0.2) is 24.4 Å². The predicted molar refractivity (Wildman–Crippen MR) is 47.4 cm³/mol. The SMILES string of the molecule is Cc1noc(C)c1COC1CNC1. The van der Waals surface area contributed by atoms with E-state index in [0.29, 0.717) is 12.7 Å². The van der Waals surface area contributed by atoms with Gasteiger partial charge in [-0.1, -0.05) is 5.16 Å². The van der Waals surface area contributed by atoms with Gasteiger partial charge in [-0.05, 0) is 13.8 Å². The lowest BCUT2D eigenvalue weighted by Gasteiger charge is -2.26. The minimum Gasteiger partial charge on any atom is -0.371 e. The fraction of sp³-hybridized carbons (Fsp3) is 0.667. The Hall–Kier alpha value is -0.870. The van der Waals surface area contributed by atoms with Gasteiger partial charge in [0.1, 0.15) is 5.76 Å². The molecule has 1 saturated heterocycles. The Kier molecular flexibility index (Phi) is 2.33. The van der Waals surface area contributed by atoms with Gasteiger partial charge in [0.2, 0.25) is 0 Å². The molecule has 2 rings (SSSR count). The number of aromatic nitrogens is 1. The lowest BCUT2D eigenvalue weighted by molar-refractivity contribution is 0.00692. The Morgan fingerprint density at radius 1 is 1.54 bits per heavy atom. The van der Waals surface area contributed by atoms with Crippen molar-refractivity contribution in [2.45, 2.75) is 26.6 Å². The molecule has 0 radical (unpaired) electrons. The van der Waals surface area contributed by atoms with Crippen LogP contribution >= 0.6 is 0 Å². The summed E-state index contributed by atoms with van der Waals surface area (Å²) in [6.45, 7) is 6.40. The highest BCUT2D eigenvalue weighted by Gasteiger charge is 2.18. The zero-order valence-corrected chi connectivity index (χ0v) is 7.96. The van der Waals surface area contributed by atoms with Crippen LogP contribution in [0, 0.1) is 13.8 Å². The molecule has 0 aromatic carbocycles. The number of hydrogen-bond acceptors (Lipinski definition) is 4. The molecule has 72 valence electrons. The van der Waals surface area contributed by atoms with Crippen molar-refractivity contribution in [3.63, 3.8) is 0 Å². The van der Waals surface area contributed by atoms with Crippen molar-refractivity contribution in [1.82, 2.24) is 10.5 Å². The maximum atomic E-state index is 5.62. The van der Waals surface area contributed by atoms with E-state index in [9.17, 15) is 0 Å². The van der Waals surface area contributed by atoms with E-state index in [0.717, 1.165) is 30.1 Å². The van der Waals surface area contributed by atoms with E-state index in [4.69, 9.17) is 9.26 Å². The number of nitrogens with one attached hydrogen (secondary N) is 1. The lowest BCUT2D eigenvalue weighted by Crippen LogP contribution is -2.48. The monoisotopic (exact) mass is 182 g/mol. The molecular formula is C9H14N2O2. The molecule has 13 heavy (non-hydrogen) atoms. The summed E-state index contributed by atoms with van der Waals surface area (Å²) in [5.74, 6) is 0.866. The predicted octanol–water partition coefficient (Wildman–Crippen LogP) is 0.780. The first-order valence-electron chi connectivity index (χ1n) is 4.51. The zero-order valence-electron chi connectivity index (χ0n) is 7.96. The smallest absolute Gasteiger partial charge is 0.139 e. The van der Waals surface area contributed by atoms with Crippen molar-refractivity contribution in [3.05, 3.63) is 17.0 Å². The number of hydrogen-bond donors (Lipinski definition) is 1. The van der Waals surface area contributed by atoms with Crippen LogP contribution in [0.15, 0.2) is 4.52 Å². The Labute approximate surface area is 77.2 Å². The summed E-state index contributed by atoms with van der Waals surface area (Å²) in [6, 6.07) is 0. The van der Waals surface area contributed by atoms with Gasteiger partial charge in [-0.2, -0.15) is 0 Å². The molecule has 4 nitrogen and oxygen atoms in total. The maximum Gasteiger partial charge on any atom is 0.139 e. The summed E-state index contributed by atoms with van der Waals surface area (Å²) in [4.78, 5) is 0. The van der Waals surface area contributed by atoms with Crippen LogP contribution in [0.5, 0.6) is 0 Å². The summed E-state index contributed by atoms with van der Waals surface area (Å²) < 4.78 is 10.7. The molecule has 1 aromatic heterocycles. The molecule has 1 fully saturated rings. The molecule has 2 heterocycles. The van der Waals surface area contributed by atoms with Gasteiger partial charge in [-0.3, -0.25) is 0 Å². The number of aryl methyl sites for hydroxylation is 2. The molecule has 0 unspecified atom stereocenters. The molecule has 0 bridgehead atoms. The van der Waals surface area contributed by atoms with Crippen LogP contribution in [0.1, 0.15) is 17.0 Å². The molecule has 1 aliphatic heterocycles. The summed E-state index contributed by atoms with van der Waals surface area (Å²) >= 11 is 0. The van der Waals surface area contributed by atoms with Gasteiger partial charge in [-0.25, -0.2) is 0 Å². The third kappa shape index (κ3) is 1.73. The Morgan fingerprint density at radius 3 is 2.77 bits per heavy atom. The summed E-state index contributed by atoms with van der Waals surface area (Å²) in [5.41, 5.74) is 2.02. The molecule has 0 amide bonds. The molecular weight excluding hydrogens is 168 g/mol. The van der Waals surface area contributed by atoms with Crippen LogP contribution in [0.2, 0.25) is 0 Å². The zero-order chi connectivity index (χ0) is 9.26. The second-order valence-electron chi connectivity index (χ2n) is 3.39. The van der Waals surface area contributed by atoms with Gasteiger partial charge >= 0.3 is 0 Å². The van der Waals surface area contributed by atoms with Crippen molar-refractivity contribution in [2.24, 2.45) is 0 Å². The molecule has 0 aliphatic carbocycles. The molecule has 1 aliphatic rings.